The van der Waals surface area contributed by atoms with Gasteiger partial charge in [0, 0.05) is 36.7 Å². The van der Waals surface area contributed by atoms with Gasteiger partial charge in [0.1, 0.15) is 11.6 Å². The van der Waals surface area contributed by atoms with E-state index in [1.807, 2.05) is 25.6 Å². The summed E-state index contributed by atoms with van der Waals surface area (Å²) in [7, 11) is 0. The highest BCUT2D eigenvalue weighted by Gasteiger charge is 2.17. The Bertz CT molecular complexity index is 591. The molecule has 1 atom stereocenters. The van der Waals surface area contributed by atoms with Crippen molar-refractivity contribution < 1.29 is 0 Å². The Balaban J connectivity index is 1.66. The smallest absolute Gasteiger partial charge is 0.133 e. The molecule has 5 heteroatoms. The van der Waals surface area contributed by atoms with E-state index in [9.17, 15) is 0 Å². The molecule has 5 nitrogen and oxygen atoms in total. The van der Waals surface area contributed by atoms with E-state index in [1.165, 1.54) is 24.1 Å². The third-order valence-electron chi connectivity index (χ3n) is 3.99. The van der Waals surface area contributed by atoms with E-state index in [4.69, 9.17) is 0 Å². The second kappa shape index (κ2) is 6.24. The maximum absolute atomic E-state index is 4.61. The van der Waals surface area contributed by atoms with E-state index in [1.54, 1.807) is 0 Å². The van der Waals surface area contributed by atoms with Crippen LogP contribution in [0.25, 0.3) is 0 Å². The molecule has 2 aromatic heterocycles. The lowest BCUT2D eigenvalue weighted by molar-refractivity contribution is 0.502. The Morgan fingerprint density at radius 1 is 1.29 bits per heavy atom. The quantitative estimate of drug-likeness (QED) is 0.917. The van der Waals surface area contributed by atoms with Crippen LogP contribution in [0, 0.1) is 12.8 Å². The lowest BCUT2D eigenvalue weighted by Gasteiger charge is -2.20. The molecule has 112 valence electrons. The van der Waals surface area contributed by atoms with Gasteiger partial charge in [-0.1, -0.05) is 6.92 Å². The molecule has 1 aliphatic rings. The van der Waals surface area contributed by atoms with Gasteiger partial charge in [-0.2, -0.15) is 0 Å². The molecule has 1 aliphatic carbocycles. The van der Waals surface area contributed by atoms with E-state index in [0.29, 0.717) is 5.92 Å². The number of aromatic nitrogens is 4. The zero-order valence-electron chi connectivity index (χ0n) is 12.8. The van der Waals surface area contributed by atoms with Gasteiger partial charge in [0.2, 0.25) is 0 Å². The third-order valence-corrected chi connectivity index (χ3v) is 3.99. The van der Waals surface area contributed by atoms with Crippen molar-refractivity contribution in [1.82, 2.24) is 19.5 Å². The van der Waals surface area contributed by atoms with Crippen molar-refractivity contribution in [3.05, 3.63) is 35.8 Å². The fourth-order valence-electron chi connectivity index (χ4n) is 2.95. The Morgan fingerprint density at radius 3 is 2.95 bits per heavy atom. The highest BCUT2D eigenvalue weighted by Crippen LogP contribution is 2.25. The van der Waals surface area contributed by atoms with Crippen molar-refractivity contribution in [3.63, 3.8) is 0 Å². The first-order chi connectivity index (χ1) is 10.2. The fourth-order valence-corrected chi connectivity index (χ4v) is 2.95. The topological polar surface area (TPSA) is 55.6 Å². The van der Waals surface area contributed by atoms with Crippen molar-refractivity contribution in [3.8, 4) is 0 Å². The Kier molecular flexibility index (Phi) is 4.18. The van der Waals surface area contributed by atoms with Crippen LogP contribution in [-0.2, 0) is 19.4 Å². The lowest BCUT2D eigenvalue weighted by Crippen LogP contribution is -2.20. The zero-order chi connectivity index (χ0) is 14.7. The van der Waals surface area contributed by atoms with Crippen molar-refractivity contribution in [2.45, 2.75) is 46.1 Å². The van der Waals surface area contributed by atoms with Crippen LogP contribution in [0.1, 0.15) is 36.8 Å². The first kappa shape index (κ1) is 14.0. The Morgan fingerprint density at radius 2 is 2.14 bits per heavy atom. The van der Waals surface area contributed by atoms with E-state index < -0.39 is 0 Å². The van der Waals surface area contributed by atoms with Crippen molar-refractivity contribution in [2.75, 3.05) is 11.9 Å². The molecular formula is C16H23N5. The number of rotatable bonds is 5. The number of anilines is 1. The van der Waals surface area contributed by atoms with Crippen LogP contribution in [0.2, 0.25) is 0 Å². The zero-order valence-corrected chi connectivity index (χ0v) is 12.8. The average molecular weight is 285 g/mol. The van der Waals surface area contributed by atoms with Gasteiger partial charge in [0.15, 0.2) is 0 Å². The minimum absolute atomic E-state index is 0.522. The standard InChI is InChI=1S/C16H23N5/c1-12(10-21-8-7-17-11-21)9-18-16-14-5-3-4-6-15(14)19-13(2)20-16/h7-8,11-12H,3-6,9-10H2,1-2H3,(H,18,19,20). The van der Waals surface area contributed by atoms with Gasteiger partial charge in [-0.15, -0.1) is 0 Å². The van der Waals surface area contributed by atoms with E-state index in [2.05, 4.69) is 31.8 Å². The highest BCUT2D eigenvalue weighted by molar-refractivity contribution is 5.47. The molecule has 0 spiro atoms. The largest absolute Gasteiger partial charge is 0.369 e. The minimum Gasteiger partial charge on any atom is -0.369 e. The first-order valence-electron chi connectivity index (χ1n) is 7.78. The Hall–Kier alpha value is -1.91. The molecule has 0 saturated heterocycles. The molecule has 0 radical (unpaired) electrons. The van der Waals surface area contributed by atoms with Gasteiger partial charge in [-0.3, -0.25) is 0 Å². The summed E-state index contributed by atoms with van der Waals surface area (Å²) >= 11 is 0. The van der Waals surface area contributed by atoms with Gasteiger partial charge in [0.25, 0.3) is 0 Å². The molecule has 1 unspecified atom stereocenters. The number of fused-ring (bicyclic) bond motifs is 1. The van der Waals surface area contributed by atoms with Crippen LogP contribution in [0.5, 0.6) is 0 Å². The molecule has 21 heavy (non-hydrogen) atoms. The molecule has 2 aromatic rings. The summed E-state index contributed by atoms with van der Waals surface area (Å²) < 4.78 is 2.12. The van der Waals surface area contributed by atoms with Gasteiger partial charge >= 0.3 is 0 Å². The number of imidazole rings is 1. The normalized spacial score (nSPS) is 15.5. The number of hydrogen-bond donors (Lipinski definition) is 1. The van der Waals surface area contributed by atoms with Crippen LogP contribution in [0.15, 0.2) is 18.7 Å². The van der Waals surface area contributed by atoms with Crippen molar-refractivity contribution >= 4 is 5.82 Å². The molecule has 0 amide bonds. The number of nitrogens with one attached hydrogen (secondary N) is 1. The van der Waals surface area contributed by atoms with Crippen LogP contribution >= 0.6 is 0 Å². The highest BCUT2D eigenvalue weighted by atomic mass is 15.1. The van der Waals surface area contributed by atoms with E-state index in [0.717, 1.165) is 37.6 Å². The van der Waals surface area contributed by atoms with E-state index in [-0.39, 0.29) is 0 Å². The third kappa shape index (κ3) is 3.40. The summed E-state index contributed by atoms with van der Waals surface area (Å²) in [5.41, 5.74) is 2.58. The summed E-state index contributed by atoms with van der Waals surface area (Å²) in [5, 5.41) is 3.54. The van der Waals surface area contributed by atoms with Crippen molar-refractivity contribution in [2.24, 2.45) is 5.92 Å². The molecule has 0 saturated carbocycles. The second-order valence-corrected chi connectivity index (χ2v) is 6.00. The van der Waals surface area contributed by atoms with E-state index >= 15 is 0 Å². The van der Waals surface area contributed by atoms with Gasteiger partial charge < -0.3 is 9.88 Å². The molecule has 1 N–H and O–H groups in total. The SMILES string of the molecule is Cc1nc2c(c(NCC(C)Cn3ccnc3)n1)CCCC2. The molecule has 0 fully saturated rings. The summed E-state index contributed by atoms with van der Waals surface area (Å²) in [6, 6.07) is 0. The van der Waals surface area contributed by atoms with Gasteiger partial charge in [-0.25, -0.2) is 15.0 Å². The maximum Gasteiger partial charge on any atom is 0.133 e. The van der Waals surface area contributed by atoms with Gasteiger partial charge in [-0.05, 0) is 38.5 Å². The minimum atomic E-state index is 0.522. The summed E-state index contributed by atoms with van der Waals surface area (Å²) in [6.07, 6.45) is 10.4. The number of aryl methyl sites for hydroxylation is 2. The Labute approximate surface area is 125 Å². The summed E-state index contributed by atoms with van der Waals surface area (Å²) in [6.45, 7) is 6.11. The predicted molar refractivity (Wildman–Crippen MR) is 83.3 cm³/mol. The average Bonchev–Trinajstić information content (AvgIpc) is 2.97. The summed E-state index contributed by atoms with van der Waals surface area (Å²) in [5.74, 6) is 2.45. The second-order valence-electron chi connectivity index (χ2n) is 6.00. The first-order valence-corrected chi connectivity index (χ1v) is 7.78. The van der Waals surface area contributed by atoms with Crippen LogP contribution < -0.4 is 5.32 Å². The van der Waals surface area contributed by atoms with Crippen molar-refractivity contribution in [1.29, 1.82) is 0 Å². The fraction of sp³-hybridized carbons (Fsp3) is 0.562. The van der Waals surface area contributed by atoms with Crippen LogP contribution in [-0.4, -0.2) is 26.1 Å². The predicted octanol–water partition coefficient (Wildman–Crippen LogP) is 2.61. The molecule has 2 heterocycles. The van der Waals surface area contributed by atoms with Crippen LogP contribution in [0.4, 0.5) is 5.82 Å². The molecule has 3 rings (SSSR count). The molecule has 0 aliphatic heterocycles. The molecule has 0 bridgehead atoms. The number of hydrogen-bond acceptors (Lipinski definition) is 4. The van der Waals surface area contributed by atoms with Crippen LogP contribution in [0.3, 0.4) is 0 Å². The number of nitrogens with zero attached hydrogens (tertiary/aromatic N) is 4. The monoisotopic (exact) mass is 285 g/mol. The maximum atomic E-state index is 4.61. The summed E-state index contributed by atoms with van der Waals surface area (Å²) in [4.78, 5) is 13.3. The van der Waals surface area contributed by atoms with Gasteiger partial charge in [0.05, 0.1) is 6.33 Å². The molecule has 0 aromatic carbocycles. The molecular weight excluding hydrogens is 262 g/mol. The lowest BCUT2D eigenvalue weighted by atomic mass is 9.96.